The number of rotatable bonds is 7. The molecule has 2 rings (SSSR count). The molecule has 0 aliphatic carbocycles. The van der Waals surface area contributed by atoms with Crippen molar-refractivity contribution in [1.82, 2.24) is 9.80 Å². The van der Waals surface area contributed by atoms with Crippen LogP contribution in [-0.4, -0.2) is 48.9 Å². The van der Waals surface area contributed by atoms with Crippen molar-refractivity contribution in [2.24, 2.45) is 0 Å². The van der Waals surface area contributed by atoms with Crippen molar-refractivity contribution in [3.63, 3.8) is 0 Å². The lowest BCUT2D eigenvalue weighted by Gasteiger charge is -2.21. The molecule has 2 aromatic carbocycles. The van der Waals surface area contributed by atoms with Crippen LogP contribution >= 0.6 is 0 Å². The summed E-state index contributed by atoms with van der Waals surface area (Å²) in [6, 6.07) is 9.13. The fraction of sp³-hybridized carbons (Fsp3) is 0.300. The number of likely N-dealkylation sites (N-methyl/N-ethyl adjacent to an activating group) is 2. The predicted octanol–water partition coefficient (Wildman–Crippen LogP) is 3.52. The van der Waals surface area contributed by atoms with Gasteiger partial charge in [-0.25, -0.2) is 13.6 Å². The van der Waals surface area contributed by atoms with Crippen LogP contribution in [0.2, 0.25) is 0 Å². The summed E-state index contributed by atoms with van der Waals surface area (Å²) in [4.78, 5) is 26.9. The third kappa shape index (κ3) is 6.62. The first-order valence-corrected chi connectivity index (χ1v) is 8.77. The van der Waals surface area contributed by atoms with E-state index in [1.54, 1.807) is 24.1 Å². The summed E-state index contributed by atoms with van der Waals surface area (Å²) >= 11 is 0. The van der Waals surface area contributed by atoms with E-state index in [-0.39, 0.29) is 11.6 Å². The number of hydrogen-bond acceptors (Lipinski definition) is 3. The average Bonchev–Trinajstić information content (AvgIpc) is 2.64. The van der Waals surface area contributed by atoms with Crippen LogP contribution < -0.4 is 10.6 Å². The quantitative estimate of drug-likeness (QED) is 0.760. The number of carbonyl (C=O) groups excluding carboxylic acids is 2. The minimum atomic E-state index is -0.626. The molecule has 0 spiro atoms. The lowest BCUT2D eigenvalue weighted by Crippen LogP contribution is -2.33. The standard InChI is InChI=1S/C20H24F2N4O2/c1-14(27)26(3)11-10-25(2)13-15-4-9-18(22)19(12-15)24-20(28)23-17-7-5-16(21)6-8-17/h4-9,12H,10-11,13H2,1-3H3,(H2,23,24,28). The first-order chi connectivity index (χ1) is 13.2. The Labute approximate surface area is 163 Å². The van der Waals surface area contributed by atoms with E-state index in [1.807, 2.05) is 11.9 Å². The van der Waals surface area contributed by atoms with E-state index in [2.05, 4.69) is 10.6 Å². The van der Waals surface area contributed by atoms with Crippen molar-refractivity contribution in [3.05, 3.63) is 59.7 Å². The van der Waals surface area contributed by atoms with Crippen molar-refractivity contribution < 1.29 is 18.4 Å². The van der Waals surface area contributed by atoms with E-state index in [0.29, 0.717) is 25.3 Å². The van der Waals surface area contributed by atoms with Gasteiger partial charge in [-0.05, 0) is 49.0 Å². The molecule has 0 unspecified atom stereocenters. The summed E-state index contributed by atoms with van der Waals surface area (Å²) < 4.78 is 27.0. The Balaban J connectivity index is 1.95. The van der Waals surface area contributed by atoms with E-state index in [9.17, 15) is 18.4 Å². The number of anilines is 2. The van der Waals surface area contributed by atoms with Crippen LogP contribution in [0.4, 0.5) is 25.0 Å². The van der Waals surface area contributed by atoms with Gasteiger partial charge in [-0.1, -0.05) is 6.07 Å². The number of benzene rings is 2. The van der Waals surface area contributed by atoms with E-state index in [1.165, 1.54) is 37.3 Å². The van der Waals surface area contributed by atoms with Crippen LogP contribution in [-0.2, 0) is 11.3 Å². The maximum Gasteiger partial charge on any atom is 0.323 e. The summed E-state index contributed by atoms with van der Waals surface area (Å²) in [5, 5.41) is 4.98. The highest BCUT2D eigenvalue weighted by molar-refractivity contribution is 5.99. The minimum absolute atomic E-state index is 0.00571. The van der Waals surface area contributed by atoms with Crippen LogP contribution in [0.15, 0.2) is 42.5 Å². The Morgan fingerprint density at radius 3 is 2.29 bits per heavy atom. The molecule has 150 valence electrons. The van der Waals surface area contributed by atoms with Crippen LogP contribution in [0.25, 0.3) is 0 Å². The van der Waals surface area contributed by atoms with Crippen LogP contribution in [0.3, 0.4) is 0 Å². The number of hydrogen-bond donors (Lipinski definition) is 2. The number of halogens is 2. The molecule has 0 bridgehead atoms. The van der Waals surface area contributed by atoms with Crippen molar-refractivity contribution >= 4 is 23.3 Å². The molecule has 0 aliphatic rings. The topological polar surface area (TPSA) is 64.7 Å². The summed E-state index contributed by atoms with van der Waals surface area (Å²) in [6.07, 6.45) is 0. The maximum absolute atomic E-state index is 14.1. The van der Waals surface area contributed by atoms with Gasteiger partial charge in [-0.15, -0.1) is 0 Å². The number of nitrogens with one attached hydrogen (secondary N) is 2. The van der Waals surface area contributed by atoms with E-state index in [4.69, 9.17) is 0 Å². The zero-order valence-electron chi connectivity index (χ0n) is 16.1. The Morgan fingerprint density at radius 2 is 1.64 bits per heavy atom. The monoisotopic (exact) mass is 390 g/mol. The summed E-state index contributed by atoms with van der Waals surface area (Å²) in [7, 11) is 3.63. The van der Waals surface area contributed by atoms with Gasteiger partial charge in [0.25, 0.3) is 0 Å². The van der Waals surface area contributed by atoms with Gasteiger partial charge in [0.1, 0.15) is 11.6 Å². The Hall–Kier alpha value is -3.00. The van der Waals surface area contributed by atoms with Crippen LogP contribution in [0.1, 0.15) is 12.5 Å². The highest BCUT2D eigenvalue weighted by Gasteiger charge is 2.10. The average molecular weight is 390 g/mol. The van der Waals surface area contributed by atoms with Gasteiger partial charge >= 0.3 is 6.03 Å². The zero-order valence-corrected chi connectivity index (χ0v) is 16.1. The number of urea groups is 1. The fourth-order valence-corrected chi connectivity index (χ4v) is 2.45. The summed E-state index contributed by atoms with van der Waals surface area (Å²) in [5.74, 6) is -0.978. The van der Waals surface area contributed by atoms with Gasteiger partial charge in [0, 0.05) is 39.3 Å². The zero-order chi connectivity index (χ0) is 20.7. The first-order valence-electron chi connectivity index (χ1n) is 8.77. The molecule has 28 heavy (non-hydrogen) atoms. The van der Waals surface area contributed by atoms with Crippen molar-refractivity contribution in [3.8, 4) is 0 Å². The normalized spacial score (nSPS) is 10.6. The van der Waals surface area contributed by atoms with Crippen molar-refractivity contribution in [2.75, 3.05) is 37.8 Å². The van der Waals surface area contributed by atoms with Gasteiger partial charge in [0.15, 0.2) is 0 Å². The molecule has 6 nitrogen and oxygen atoms in total. The molecule has 0 radical (unpaired) electrons. The molecule has 0 saturated heterocycles. The SMILES string of the molecule is CC(=O)N(C)CCN(C)Cc1ccc(F)c(NC(=O)Nc2ccc(F)cc2)c1. The molecule has 0 fully saturated rings. The lowest BCUT2D eigenvalue weighted by molar-refractivity contribution is -0.127. The molecule has 0 saturated carbocycles. The third-order valence-electron chi connectivity index (χ3n) is 4.19. The van der Waals surface area contributed by atoms with Crippen molar-refractivity contribution in [1.29, 1.82) is 0 Å². The predicted molar refractivity (Wildman–Crippen MR) is 105 cm³/mol. The molecule has 3 amide bonds. The molecule has 0 aliphatic heterocycles. The molecular formula is C20H24F2N4O2. The maximum atomic E-state index is 14.1. The number of amides is 3. The van der Waals surface area contributed by atoms with Crippen molar-refractivity contribution in [2.45, 2.75) is 13.5 Å². The summed E-state index contributed by atoms with van der Waals surface area (Å²) in [6.45, 7) is 3.27. The van der Waals surface area contributed by atoms with Gasteiger partial charge in [0.05, 0.1) is 5.69 Å². The highest BCUT2D eigenvalue weighted by Crippen LogP contribution is 2.18. The molecular weight excluding hydrogens is 366 g/mol. The van der Waals surface area contributed by atoms with Gasteiger partial charge in [-0.2, -0.15) is 0 Å². The van der Waals surface area contributed by atoms with Crippen LogP contribution in [0, 0.1) is 11.6 Å². The minimum Gasteiger partial charge on any atom is -0.345 e. The summed E-state index contributed by atoms with van der Waals surface area (Å²) in [5.41, 5.74) is 1.25. The van der Waals surface area contributed by atoms with E-state index >= 15 is 0 Å². The lowest BCUT2D eigenvalue weighted by atomic mass is 10.2. The second-order valence-electron chi connectivity index (χ2n) is 6.58. The number of carbonyl (C=O) groups is 2. The smallest absolute Gasteiger partial charge is 0.323 e. The van der Waals surface area contributed by atoms with Gasteiger partial charge in [-0.3, -0.25) is 4.79 Å². The Morgan fingerprint density at radius 1 is 0.964 bits per heavy atom. The Bertz CT molecular complexity index is 827. The molecule has 0 atom stereocenters. The molecule has 2 aromatic rings. The molecule has 0 aromatic heterocycles. The largest absolute Gasteiger partial charge is 0.345 e. The van der Waals surface area contributed by atoms with E-state index in [0.717, 1.165) is 5.56 Å². The fourth-order valence-electron chi connectivity index (χ4n) is 2.45. The molecule has 0 heterocycles. The van der Waals surface area contributed by atoms with E-state index < -0.39 is 17.7 Å². The Kier molecular flexibility index (Phi) is 7.45. The van der Waals surface area contributed by atoms with Gasteiger partial charge < -0.3 is 20.4 Å². The van der Waals surface area contributed by atoms with Crippen LogP contribution in [0.5, 0.6) is 0 Å². The second kappa shape index (κ2) is 9.80. The van der Waals surface area contributed by atoms with Gasteiger partial charge in [0.2, 0.25) is 5.91 Å². The third-order valence-corrected chi connectivity index (χ3v) is 4.19. The molecule has 8 heteroatoms. The number of nitrogens with zero attached hydrogens (tertiary/aromatic N) is 2. The second-order valence-corrected chi connectivity index (χ2v) is 6.58. The molecule has 2 N–H and O–H groups in total. The first kappa shape index (κ1) is 21.3. The highest BCUT2D eigenvalue weighted by atomic mass is 19.1.